The summed E-state index contributed by atoms with van der Waals surface area (Å²) < 4.78 is 5.29. The molecule has 0 radical (unpaired) electrons. The van der Waals surface area contributed by atoms with Gasteiger partial charge in [-0.25, -0.2) is 4.79 Å². The summed E-state index contributed by atoms with van der Waals surface area (Å²) >= 11 is 0. The summed E-state index contributed by atoms with van der Waals surface area (Å²) in [5, 5.41) is 0. The van der Waals surface area contributed by atoms with Crippen molar-refractivity contribution in [1.82, 2.24) is 0 Å². The van der Waals surface area contributed by atoms with E-state index >= 15 is 0 Å². The molecule has 1 unspecified atom stereocenters. The molecule has 1 aliphatic rings. The summed E-state index contributed by atoms with van der Waals surface area (Å²) in [6.07, 6.45) is 2.56. The van der Waals surface area contributed by atoms with E-state index in [1.54, 1.807) is 0 Å². The molecule has 1 aromatic carbocycles. The highest BCUT2D eigenvalue weighted by atomic mass is 16.5. The molecule has 0 spiro atoms. The molecule has 3 nitrogen and oxygen atoms in total. The number of carbonyl (C=O) groups is 1. The van der Waals surface area contributed by atoms with Gasteiger partial charge >= 0.3 is 5.97 Å². The van der Waals surface area contributed by atoms with Gasteiger partial charge in [0.05, 0.1) is 5.56 Å². The zero-order valence-electron chi connectivity index (χ0n) is 10.2. The Morgan fingerprint density at radius 3 is 2.88 bits per heavy atom. The number of nitrogens with two attached hydrogens (primary N) is 1. The second-order valence-corrected chi connectivity index (χ2v) is 4.54. The Hall–Kier alpha value is -1.61. The van der Waals surface area contributed by atoms with Crippen LogP contribution < -0.4 is 5.73 Å². The van der Waals surface area contributed by atoms with Crippen LogP contribution in [0.25, 0.3) is 6.08 Å². The van der Waals surface area contributed by atoms with Crippen LogP contribution in [0.15, 0.2) is 23.8 Å². The highest BCUT2D eigenvalue weighted by Gasteiger charge is 2.30. The van der Waals surface area contributed by atoms with E-state index in [4.69, 9.17) is 10.5 Å². The summed E-state index contributed by atoms with van der Waals surface area (Å²) in [6.45, 7) is 4.58. The van der Waals surface area contributed by atoms with Crippen LogP contribution in [0.1, 0.15) is 47.9 Å². The fourth-order valence-corrected chi connectivity index (χ4v) is 2.08. The quantitative estimate of drug-likeness (QED) is 0.814. The molecule has 0 bridgehead atoms. The average molecular weight is 231 g/mol. The van der Waals surface area contributed by atoms with Gasteiger partial charge in [0, 0.05) is 12.0 Å². The number of hydrogen-bond donors (Lipinski definition) is 1. The van der Waals surface area contributed by atoms with Gasteiger partial charge in [0.1, 0.15) is 6.10 Å². The lowest BCUT2D eigenvalue weighted by atomic mass is 10.00. The Kier molecular flexibility index (Phi) is 3.29. The zero-order chi connectivity index (χ0) is 12.4. The van der Waals surface area contributed by atoms with Gasteiger partial charge < -0.3 is 10.5 Å². The van der Waals surface area contributed by atoms with Gasteiger partial charge in [-0.1, -0.05) is 23.8 Å². The third kappa shape index (κ3) is 2.39. The number of cyclic esters (lactones) is 1. The van der Waals surface area contributed by atoms with Crippen molar-refractivity contribution in [2.75, 3.05) is 6.54 Å². The number of esters is 1. The summed E-state index contributed by atoms with van der Waals surface area (Å²) in [5.41, 5.74) is 9.39. The molecular weight excluding hydrogens is 214 g/mol. The SMILES string of the molecule is CC(C)=Cc1ccc2c(c1)C(=O)OC2CCN. The van der Waals surface area contributed by atoms with E-state index in [9.17, 15) is 4.79 Å². The summed E-state index contributed by atoms with van der Waals surface area (Å²) in [7, 11) is 0. The zero-order valence-corrected chi connectivity index (χ0v) is 10.2. The molecule has 1 aromatic rings. The lowest BCUT2D eigenvalue weighted by Gasteiger charge is -2.08. The number of carbonyl (C=O) groups excluding carboxylic acids is 1. The van der Waals surface area contributed by atoms with Gasteiger partial charge in [-0.15, -0.1) is 0 Å². The third-order valence-corrected chi connectivity index (χ3v) is 2.78. The first-order valence-electron chi connectivity index (χ1n) is 5.81. The number of fused-ring (bicyclic) bond motifs is 1. The van der Waals surface area contributed by atoms with Crippen LogP contribution in [0, 0.1) is 0 Å². The monoisotopic (exact) mass is 231 g/mol. The largest absolute Gasteiger partial charge is 0.454 e. The third-order valence-electron chi connectivity index (χ3n) is 2.78. The van der Waals surface area contributed by atoms with Crippen molar-refractivity contribution in [3.8, 4) is 0 Å². The molecular formula is C14H17NO2. The first-order valence-corrected chi connectivity index (χ1v) is 5.81. The number of benzene rings is 1. The van der Waals surface area contributed by atoms with Crippen LogP contribution in [-0.2, 0) is 4.74 Å². The van der Waals surface area contributed by atoms with Crippen LogP contribution in [-0.4, -0.2) is 12.5 Å². The molecule has 1 atom stereocenters. The normalized spacial score (nSPS) is 17.6. The van der Waals surface area contributed by atoms with Crippen LogP contribution >= 0.6 is 0 Å². The molecule has 0 aromatic heterocycles. The first-order chi connectivity index (χ1) is 8.11. The maximum Gasteiger partial charge on any atom is 0.339 e. The second-order valence-electron chi connectivity index (χ2n) is 4.54. The number of hydrogen-bond acceptors (Lipinski definition) is 3. The summed E-state index contributed by atoms with van der Waals surface area (Å²) in [6, 6.07) is 5.87. The predicted molar refractivity (Wildman–Crippen MR) is 67.6 cm³/mol. The highest BCUT2D eigenvalue weighted by Crippen LogP contribution is 2.33. The van der Waals surface area contributed by atoms with Crippen molar-refractivity contribution in [3.05, 3.63) is 40.5 Å². The Balaban J connectivity index is 2.37. The van der Waals surface area contributed by atoms with Crippen LogP contribution in [0.4, 0.5) is 0 Å². The standard InChI is InChI=1S/C14H17NO2/c1-9(2)7-10-3-4-11-12(8-10)14(16)17-13(11)5-6-15/h3-4,7-8,13H,5-6,15H2,1-2H3. The second kappa shape index (κ2) is 4.72. The fourth-order valence-electron chi connectivity index (χ4n) is 2.08. The molecule has 0 fully saturated rings. The minimum atomic E-state index is -0.234. The molecule has 0 saturated carbocycles. The smallest absolute Gasteiger partial charge is 0.339 e. The van der Waals surface area contributed by atoms with Crippen molar-refractivity contribution in [2.45, 2.75) is 26.4 Å². The van der Waals surface area contributed by atoms with Gasteiger partial charge in [0.15, 0.2) is 0 Å². The van der Waals surface area contributed by atoms with Crippen LogP contribution in [0.3, 0.4) is 0 Å². The predicted octanol–water partition coefficient (Wildman–Crippen LogP) is 2.67. The van der Waals surface area contributed by atoms with Crippen LogP contribution in [0.5, 0.6) is 0 Å². The van der Waals surface area contributed by atoms with E-state index in [0.29, 0.717) is 18.5 Å². The fraction of sp³-hybridized carbons (Fsp3) is 0.357. The number of rotatable bonds is 3. The Bertz CT molecular complexity index is 473. The van der Waals surface area contributed by atoms with Crippen molar-refractivity contribution < 1.29 is 9.53 Å². The molecule has 0 aliphatic carbocycles. The maximum absolute atomic E-state index is 11.7. The topological polar surface area (TPSA) is 52.3 Å². The molecule has 0 amide bonds. The number of ether oxygens (including phenoxy) is 1. The summed E-state index contributed by atoms with van der Waals surface area (Å²) in [5.74, 6) is -0.234. The summed E-state index contributed by atoms with van der Waals surface area (Å²) in [4.78, 5) is 11.7. The maximum atomic E-state index is 11.7. The molecule has 17 heavy (non-hydrogen) atoms. The van der Waals surface area contributed by atoms with Gasteiger partial charge in [-0.2, -0.15) is 0 Å². The van der Waals surface area contributed by atoms with E-state index in [2.05, 4.69) is 0 Å². The van der Waals surface area contributed by atoms with E-state index in [0.717, 1.165) is 11.1 Å². The van der Waals surface area contributed by atoms with Crippen molar-refractivity contribution >= 4 is 12.0 Å². The molecule has 3 heteroatoms. The molecule has 2 N–H and O–H groups in total. The molecule has 1 heterocycles. The van der Waals surface area contributed by atoms with Crippen LogP contribution in [0.2, 0.25) is 0 Å². The lowest BCUT2D eigenvalue weighted by Crippen LogP contribution is -2.06. The van der Waals surface area contributed by atoms with Crippen molar-refractivity contribution in [1.29, 1.82) is 0 Å². The first kappa shape index (κ1) is 11.9. The van der Waals surface area contributed by atoms with E-state index in [1.807, 2.05) is 38.1 Å². The van der Waals surface area contributed by atoms with Crippen molar-refractivity contribution in [2.24, 2.45) is 5.73 Å². The van der Waals surface area contributed by atoms with E-state index in [1.165, 1.54) is 5.57 Å². The highest BCUT2D eigenvalue weighted by molar-refractivity contribution is 5.94. The Morgan fingerprint density at radius 1 is 1.47 bits per heavy atom. The average Bonchev–Trinajstić information content (AvgIpc) is 2.56. The molecule has 2 rings (SSSR count). The van der Waals surface area contributed by atoms with Gasteiger partial charge in [0.2, 0.25) is 0 Å². The number of allylic oxidation sites excluding steroid dienone is 1. The minimum absolute atomic E-state index is 0.164. The lowest BCUT2D eigenvalue weighted by molar-refractivity contribution is 0.0374. The Labute approximate surface area is 101 Å². The molecule has 0 saturated heterocycles. The van der Waals surface area contributed by atoms with Gasteiger partial charge in [-0.3, -0.25) is 0 Å². The van der Waals surface area contributed by atoms with E-state index < -0.39 is 0 Å². The molecule has 90 valence electrons. The minimum Gasteiger partial charge on any atom is -0.454 e. The van der Waals surface area contributed by atoms with Crippen molar-refractivity contribution in [3.63, 3.8) is 0 Å². The molecule has 1 aliphatic heterocycles. The van der Waals surface area contributed by atoms with Gasteiger partial charge in [0.25, 0.3) is 0 Å². The van der Waals surface area contributed by atoms with Gasteiger partial charge in [-0.05, 0) is 32.0 Å². The van der Waals surface area contributed by atoms with E-state index in [-0.39, 0.29) is 12.1 Å². The Morgan fingerprint density at radius 2 is 2.24 bits per heavy atom.